The standard InChI is InChI=1S/C19H17NO4S2/c1-26(22,23)15-10-8-14(9-11-15)13-25-18-7-3-2-5-16(18)20-19(21)17-6-4-12-24-17/h2-12H,13H2,1H3,(H,20,21). The molecule has 3 aromatic rings. The highest BCUT2D eigenvalue weighted by Gasteiger charge is 2.12. The topological polar surface area (TPSA) is 76.4 Å². The molecule has 0 atom stereocenters. The number of anilines is 1. The fourth-order valence-corrected chi connectivity index (χ4v) is 3.88. The molecule has 0 aliphatic carbocycles. The molecule has 134 valence electrons. The van der Waals surface area contributed by atoms with Crippen molar-refractivity contribution in [2.45, 2.75) is 15.5 Å². The fraction of sp³-hybridized carbons (Fsp3) is 0.105. The average molecular weight is 387 g/mol. The largest absolute Gasteiger partial charge is 0.459 e. The molecule has 0 radical (unpaired) electrons. The molecule has 26 heavy (non-hydrogen) atoms. The van der Waals surface area contributed by atoms with Crippen molar-refractivity contribution in [2.24, 2.45) is 0 Å². The summed E-state index contributed by atoms with van der Waals surface area (Å²) in [4.78, 5) is 13.4. The fourth-order valence-electron chi connectivity index (χ4n) is 2.28. The molecule has 2 aromatic carbocycles. The van der Waals surface area contributed by atoms with Gasteiger partial charge in [-0.2, -0.15) is 0 Å². The van der Waals surface area contributed by atoms with Crippen LogP contribution in [0.2, 0.25) is 0 Å². The normalized spacial score (nSPS) is 11.3. The monoisotopic (exact) mass is 387 g/mol. The highest BCUT2D eigenvalue weighted by molar-refractivity contribution is 7.98. The third-order valence-electron chi connectivity index (χ3n) is 3.63. The van der Waals surface area contributed by atoms with Crippen LogP contribution in [0.4, 0.5) is 5.69 Å². The summed E-state index contributed by atoms with van der Waals surface area (Å²) >= 11 is 1.56. The molecule has 1 heterocycles. The second kappa shape index (κ2) is 7.80. The Bertz CT molecular complexity index is 994. The van der Waals surface area contributed by atoms with Gasteiger partial charge in [-0.3, -0.25) is 4.79 Å². The van der Waals surface area contributed by atoms with Gasteiger partial charge in [0.15, 0.2) is 15.6 Å². The van der Waals surface area contributed by atoms with Crippen LogP contribution in [0.3, 0.4) is 0 Å². The third kappa shape index (κ3) is 4.56. The van der Waals surface area contributed by atoms with Crippen molar-refractivity contribution in [3.05, 3.63) is 78.3 Å². The molecular weight excluding hydrogens is 370 g/mol. The van der Waals surface area contributed by atoms with Crippen LogP contribution in [0.15, 0.2) is 81.1 Å². The van der Waals surface area contributed by atoms with Gasteiger partial charge in [-0.25, -0.2) is 8.42 Å². The van der Waals surface area contributed by atoms with Gasteiger partial charge in [-0.1, -0.05) is 24.3 Å². The van der Waals surface area contributed by atoms with Gasteiger partial charge >= 0.3 is 0 Å². The lowest BCUT2D eigenvalue weighted by atomic mass is 10.2. The van der Waals surface area contributed by atoms with Crippen LogP contribution in [0.1, 0.15) is 16.1 Å². The first kappa shape index (κ1) is 18.3. The van der Waals surface area contributed by atoms with Crippen molar-refractivity contribution in [3.8, 4) is 0 Å². The molecule has 5 nitrogen and oxygen atoms in total. The molecule has 0 bridgehead atoms. The lowest BCUT2D eigenvalue weighted by Crippen LogP contribution is -2.11. The Morgan fingerprint density at radius 2 is 1.77 bits per heavy atom. The van der Waals surface area contributed by atoms with E-state index in [0.717, 1.165) is 10.5 Å². The molecule has 0 saturated carbocycles. The number of furan rings is 1. The Balaban J connectivity index is 1.69. The number of hydrogen-bond donors (Lipinski definition) is 1. The van der Waals surface area contributed by atoms with Crippen molar-refractivity contribution in [3.63, 3.8) is 0 Å². The second-order valence-corrected chi connectivity index (χ2v) is 8.67. The number of nitrogens with one attached hydrogen (secondary N) is 1. The molecule has 1 amide bonds. The first-order chi connectivity index (χ1) is 12.4. The number of thioether (sulfide) groups is 1. The number of sulfone groups is 1. The predicted octanol–water partition coefficient (Wildman–Crippen LogP) is 4.23. The second-order valence-electron chi connectivity index (χ2n) is 5.63. The zero-order valence-electron chi connectivity index (χ0n) is 14.0. The Hall–Kier alpha value is -2.51. The minimum absolute atomic E-state index is 0.251. The smallest absolute Gasteiger partial charge is 0.291 e. The number of para-hydroxylation sites is 1. The van der Waals surface area contributed by atoms with Crippen molar-refractivity contribution >= 4 is 33.2 Å². The summed E-state index contributed by atoms with van der Waals surface area (Å²) in [6, 6.07) is 17.6. The summed E-state index contributed by atoms with van der Waals surface area (Å²) in [6.07, 6.45) is 2.64. The summed E-state index contributed by atoms with van der Waals surface area (Å²) in [5.41, 5.74) is 1.70. The average Bonchev–Trinajstić information content (AvgIpc) is 3.15. The molecule has 3 rings (SSSR count). The van der Waals surface area contributed by atoms with Crippen molar-refractivity contribution < 1.29 is 17.6 Å². The number of carbonyl (C=O) groups excluding carboxylic acids is 1. The lowest BCUT2D eigenvalue weighted by molar-refractivity contribution is 0.0996. The van der Waals surface area contributed by atoms with E-state index in [1.54, 1.807) is 48.2 Å². The van der Waals surface area contributed by atoms with Gasteiger partial charge in [0, 0.05) is 16.9 Å². The number of amides is 1. The molecule has 1 N–H and O–H groups in total. The summed E-state index contributed by atoms with van der Waals surface area (Å²) < 4.78 is 28.1. The van der Waals surface area contributed by atoms with E-state index in [0.29, 0.717) is 16.3 Å². The van der Waals surface area contributed by atoms with Crippen molar-refractivity contribution in [2.75, 3.05) is 11.6 Å². The van der Waals surface area contributed by atoms with Crippen LogP contribution >= 0.6 is 11.8 Å². The zero-order chi connectivity index (χ0) is 18.6. The summed E-state index contributed by atoms with van der Waals surface area (Å²) in [5, 5.41) is 2.85. The summed E-state index contributed by atoms with van der Waals surface area (Å²) in [5.74, 6) is 0.597. The highest BCUT2D eigenvalue weighted by atomic mass is 32.2. The van der Waals surface area contributed by atoms with E-state index in [2.05, 4.69) is 5.32 Å². The molecular formula is C19H17NO4S2. The van der Waals surface area contributed by atoms with Gasteiger partial charge in [-0.05, 0) is 42.0 Å². The minimum Gasteiger partial charge on any atom is -0.459 e. The third-order valence-corrected chi connectivity index (χ3v) is 5.90. The Labute approximate surface area is 156 Å². The van der Waals surface area contributed by atoms with Crippen LogP contribution < -0.4 is 5.32 Å². The maximum absolute atomic E-state index is 12.2. The van der Waals surface area contributed by atoms with E-state index in [1.165, 1.54) is 12.5 Å². The summed E-state index contributed by atoms with van der Waals surface area (Å²) in [7, 11) is -3.19. The molecule has 0 saturated heterocycles. The quantitative estimate of drug-likeness (QED) is 0.641. The van der Waals surface area contributed by atoms with Crippen LogP contribution in [0, 0.1) is 0 Å². The predicted molar refractivity (Wildman–Crippen MR) is 102 cm³/mol. The Kier molecular flexibility index (Phi) is 5.49. The van der Waals surface area contributed by atoms with Crippen LogP contribution in [0.25, 0.3) is 0 Å². The first-order valence-electron chi connectivity index (χ1n) is 7.79. The minimum atomic E-state index is -3.19. The molecule has 1 aromatic heterocycles. The lowest BCUT2D eigenvalue weighted by Gasteiger charge is -2.10. The number of benzene rings is 2. The maximum Gasteiger partial charge on any atom is 0.291 e. The van der Waals surface area contributed by atoms with Gasteiger partial charge < -0.3 is 9.73 Å². The van der Waals surface area contributed by atoms with Crippen LogP contribution in [-0.4, -0.2) is 20.6 Å². The maximum atomic E-state index is 12.2. The van der Waals surface area contributed by atoms with Crippen LogP contribution in [-0.2, 0) is 15.6 Å². The van der Waals surface area contributed by atoms with Crippen molar-refractivity contribution in [1.82, 2.24) is 0 Å². The van der Waals surface area contributed by atoms with Gasteiger partial charge in [0.05, 0.1) is 16.8 Å². The molecule has 0 fully saturated rings. The number of carbonyl (C=O) groups is 1. The Morgan fingerprint density at radius 3 is 2.42 bits per heavy atom. The zero-order valence-corrected chi connectivity index (χ0v) is 15.6. The van der Waals surface area contributed by atoms with E-state index >= 15 is 0 Å². The van der Waals surface area contributed by atoms with Crippen LogP contribution in [0.5, 0.6) is 0 Å². The van der Waals surface area contributed by atoms with Gasteiger partial charge in [0.1, 0.15) is 0 Å². The molecule has 0 spiro atoms. The Morgan fingerprint density at radius 1 is 1.04 bits per heavy atom. The molecule has 0 unspecified atom stereocenters. The van der Waals surface area contributed by atoms with E-state index in [-0.39, 0.29) is 11.7 Å². The van der Waals surface area contributed by atoms with Gasteiger partial charge in [0.2, 0.25) is 0 Å². The SMILES string of the molecule is CS(=O)(=O)c1ccc(CSc2ccccc2NC(=O)c2ccco2)cc1. The van der Waals surface area contributed by atoms with Gasteiger partial charge in [0.25, 0.3) is 5.91 Å². The van der Waals surface area contributed by atoms with E-state index in [4.69, 9.17) is 4.42 Å². The molecule has 0 aliphatic rings. The van der Waals surface area contributed by atoms with E-state index in [9.17, 15) is 13.2 Å². The van der Waals surface area contributed by atoms with E-state index in [1.807, 2.05) is 24.3 Å². The number of hydrogen-bond acceptors (Lipinski definition) is 5. The van der Waals surface area contributed by atoms with Crippen molar-refractivity contribution in [1.29, 1.82) is 0 Å². The first-order valence-corrected chi connectivity index (χ1v) is 10.7. The summed E-state index contributed by atoms with van der Waals surface area (Å²) in [6.45, 7) is 0. The van der Waals surface area contributed by atoms with E-state index < -0.39 is 9.84 Å². The molecule has 7 heteroatoms. The van der Waals surface area contributed by atoms with Gasteiger partial charge in [-0.15, -0.1) is 11.8 Å². The highest BCUT2D eigenvalue weighted by Crippen LogP contribution is 2.30. The number of rotatable bonds is 6. The molecule has 0 aliphatic heterocycles.